The molecule has 3 aromatic rings. The first-order chi connectivity index (χ1) is 14.2. The third-order valence-electron chi connectivity index (χ3n) is 4.52. The molecule has 30 heavy (non-hydrogen) atoms. The second kappa shape index (κ2) is 8.23. The lowest BCUT2D eigenvalue weighted by Gasteiger charge is -2.15. The molecule has 0 saturated heterocycles. The Labute approximate surface area is 188 Å². The minimum Gasteiger partial charge on any atom is -0.434 e. The molecule has 0 aliphatic heterocycles. The molecule has 0 N–H and O–H groups in total. The molecule has 0 radical (unpaired) electrons. The Balaban J connectivity index is 1.73. The smallest absolute Gasteiger partial charge is 0.340 e. The van der Waals surface area contributed by atoms with Gasteiger partial charge in [0.2, 0.25) is 5.75 Å². The van der Waals surface area contributed by atoms with Crippen molar-refractivity contribution >= 4 is 44.9 Å². The molecule has 0 atom stereocenters. The van der Waals surface area contributed by atoms with Crippen molar-refractivity contribution in [3.05, 3.63) is 68.8 Å². The Morgan fingerprint density at radius 3 is 2.53 bits per heavy atom. The van der Waals surface area contributed by atoms with E-state index in [1.165, 1.54) is 24.3 Å². The van der Waals surface area contributed by atoms with E-state index in [4.69, 9.17) is 43.7 Å². The molecule has 1 fully saturated rings. The van der Waals surface area contributed by atoms with Crippen LogP contribution in [0.1, 0.15) is 29.9 Å². The number of ether oxygens (including phenoxy) is 1. The van der Waals surface area contributed by atoms with Gasteiger partial charge in [-0.15, -0.1) is 10.2 Å². The topological polar surface area (TPSA) is 78.4 Å². The molecule has 1 heterocycles. The highest BCUT2D eigenvalue weighted by Crippen LogP contribution is 2.47. The molecule has 0 spiro atoms. The summed E-state index contributed by atoms with van der Waals surface area (Å²) in [5, 5.41) is 7.76. The number of rotatable bonds is 6. The lowest BCUT2D eigenvalue weighted by atomic mass is 10.1. The number of halogens is 3. The van der Waals surface area contributed by atoms with E-state index in [2.05, 4.69) is 10.2 Å². The zero-order valence-electron chi connectivity index (χ0n) is 15.6. The summed E-state index contributed by atoms with van der Waals surface area (Å²) in [6, 6.07) is 11.1. The van der Waals surface area contributed by atoms with E-state index in [9.17, 15) is 8.42 Å². The molecule has 1 aliphatic rings. The van der Waals surface area contributed by atoms with E-state index in [0.717, 1.165) is 24.0 Å². The SMILES string of the molecule is Cc1cccc(C2CC2)c1Oc1nnc(Cl)cc1OS(=O)(=O)c1cc(Cl)ccc1Cl. The van der Waals surface area contributed by atoms with E-state index < -0.39 is 10.1 Å². The van der Waals surface area contributed by atoms with Crippen molar-refractivity contribution in [2.75, 3.05) is 0 Å². The molecule has 1 saturated carbocycles. The summed E-state index contributed by atoms with van der Waals surface area (Å²) in [5.74, 6) is 0.659. The van der Waals surface area contributed by atoms with E-state index in [1.54, 1.807) is 0 Å². The van der Waals surface area contributed by atoms with Crippen LogP contribution in [0.3, 0.4) is 0 Å². The molecule has 0 amide bonds. The molecular formula is C20H15Cl3N2O4S. The summed E-state index contributed by atoms with van der Waals surface area (Å²) in [6.45, 7) is 1.90. The molecule has 10 heteroatoms. The zero-order valence-corrected chi connectivity index (χ0v) is 18.7. The first-order valence-electron chi connectivity index (χ1n) is 8.95. The second-order valence-corrected chi connectivity index (χ2v) is 9.56. The summed E-state index contributed by atoms with van der Waals surface area (Å²) >= 11 is 17.9. The van der Waals surface area contributed by atoms with Gasteiger partial charge in [0.15, 0.2) is 5.15 Å². The van der Waals surface area contributed by atoms with Gasteiger partial charge in [0.25, 0.3) is 5.88 Å². The normalized spacial score (nSPS) is 13.9. The van der Waals surface area contributed by atoms with Crippen molar-refractivity contribution in [1.29, 1.82) is 0 Å². The molecule has 1 aliphatic carbocycles. The largest absolute Gasteiger partial charge is 0.434 e. The monoisotopic (exact) mass is 484 g/mol. The fourth-order valence-corrected chi connectivity index (χ4v) is 4.73. The highest BCUT2D eigenvalue weighted by molar-refractivity contribution is 7.87. The Hall–Kier alpha value is -2.06. The van der Waals surface area contributed by atoms with Crippen LogP contribution in [0.5, 0.6) is 17.4 Å². The molecule has 0 bridgehead atoms. The van der Waals surface area contributed by atoms with Gasteiger partial charge in [-0.1, -0.05) is 53.0 Å². The Morgan fingerprint density at radius 2 is 1.80 bits per heavy atom. The standard InChI is InChI=1S/C20H15Cl3N2O4S/c1-11-3-2-4-14(12-5-6-12)19(11)28-20-16(10-18(23)24-25-20)29-30(26,27)17-9-13(21)7-8-15(17)22/h2-4,7-10,12H,5-6H2,1H3. The van der Waals surface area contributed by atoms with Crippen LogP contribution in [0.4, 0.5) is 0 Å². The highest BCUT2D eigenvalue weighted by atomic mass is 35.5. The lowest BCUT2D eigenvalue weighted by molar-refractivity contribution is 0.410. The first kappa shape index (κ1) is 21.2. The van der Waals surface area contributed by atoms with Crippen LogP contribution >= 0.6 is 34.8 Å². The predicted molar refractivity (Wildman–Crippen MR) is 115 cm³/mol. The van der Waals surface area contributed by atoms with E-state index in [1.807, 2.05) is 25.1 Å². The Morgan fingerprint density at radius 1 is 1.03 bits per heavy atom. The van der Waals surface area contributed by atoms with Gasteiger partial charge >= 0.3 is 10.1 Å². The maximum Gasteiger partial charge on any atom is 0.340 e. The van der Waals surface area contributed by atoms with Crippen LogP contribution < -0.4 is 8.92 Å². The van der Waals surface area contributed by atoms with Gasteiger partial charge in [-0.2, -0.15) is 8.42 Å². The summed E-state index contributed by atoms with van der Waals surface area (Å²) < 4.78 is 36.9. The number of hydrogen-bond donors (Lipinski definition) is 0. The van der Waals surface area contributed by atoms with Crippen LogP contribution in [0.25, 0.3) is 0 Å². The predicted octanol–water partition coefficient (Wildman–Crippen LogP) is 6.18. The molecule has 2 aromatic carbocycles. The molecular weight excluding hydrogens is 471 g/mol. The Bertz CT molecular complexity index is 1230. The first-order valence-corrected chi connectivity index (χ1v) is 11.5. The van der Waals surface area contributed by atoms with Gasteiger partial charge in [0.1, 0.15) is 10.6 Å². The van der Waals surface area contributed by atoms with E-state index >= 15 is 0 Å². The van der Waals surface area contributed by atoms with Crippen LogP contribution in [-0.2, 0) is 10.1 Å². The summed E-state index contributed by atoms with van der Waals surface area (Å²) in [5.41, 5.74) is 1.90. The average molecular weight is 486 g/mol. The fraction of sp³-hybridized carbons (Fsp3) is 0.200. The van der Waals surface area contributed by atoms with E-state index in [0.29, 0.717) is 11.7 Å². The Kier molecular flexibility index (Phi) is 5.81. The molecule has 1 aromatic heterocycles. The summed E-state index contributed by atoms with van der Waals surface area (Å²) in [7, 11) is -4.35. The number of benzene rings is 2. The highest BCUT2D eigenvalue weighted by Gasteiger charge is 2.29. The van der Waals surface area contributed by atoms with Crippen molar-refractivity contribution in [3.63, 3.8) is 0 Å². The number of aromatic nitrogens is 2. The third-order valence-corrected chi connectivity index (χ3v) is 6.65. The van der Waals surface area contributed by atoms with E-state index in [-0.39, 0.29) is 31.7 Å². The van der Waals surface area contributed by atoms with Crippen molar-refractivity contribution < 1.29 is 17.3 Å². The van der Waals surface area contributed by atoms with Gasteiger partial charge in [-0.05, 0) is 55.0 Å². The molecule has 4 rings (SSSR count). The quantitative estimate of drug-likeness (QED) is 0.388. The lowest BCUT2D eigenvalue weighted by Crippen LogP contribution is -2.12. The second-order valence-electron chi connectivity index (χ2n) is 6.82. The maximum atomic E-state index is 12.8. The number of hydrogen-bond acceptors (Lipinski definition) is 6. The van der Waals surface area contributed by atoms with Crippen LogP contribution in [0.15, 0.2) is 47.4 Å². The number of aryl methyl sites for hydroxylation is 1. The van der Waals surface area contributed by atoms with Crippen LogP contribution in [0, 0.1) is 6.92 Å². The maximum absolute atomic E-state index is 12.8. The van der Waals surface area contributed by atoms with Gasteiger partial charge in [0, 0.05) is 11.1 Å². The minimum absolute atomic E-state index is 0.0371. The number of nitrogens with zero attached hydrogens (tertiary/aromatic N) is 2. The van der Waals surface area contributed by atoms with Crippen molar-refractivity contribution in [2.24, 2.45) is 0 Å². The molecule has 156 valence electrons. The van der Waals surface area contributed by atoms with Crippen LogP contribution in [-0.4, -0.2) is 18.6 Å². The van der Waals surface area contributed by atoms with Gasteiger partial charge in [0.05, 0.1) is 5.02 Å². The van der Waals surface area contributed by atoms with Crippen molar-refractivity contribution in [3.8, 4) is 17.4 Å². The van der Waals surface area contributed by atoms with Crippen molar-refractivity contribution in [2.45, 2.75) is 30.6 Å². The minimum atomic E-state index is -4.35. The fourth-order valence-electron chi connectivity index (χ4n) is 2.93. The number of para-hydroxylation sites is 1. The van der Waals surface area contributed by atoms with Crippen molar-refractivity contribution in [1.82, 2.24) is 10.2 Å². The van der Waals surface area contributed by atoms with Gasteiger partial charge < -0.3 is 8.92 Å². The summed E-state index contributed by atoms with van der Waals surface area (Å²) in [6.07, 6.45) is 2.13. The zero-order chi connectivity index (χ0) is 21.5. The molecule has 0 unspecified atom stereocenters. The average Bonchev–Trinajstić information content (AvgIpc) is 3.52. The van der Waals surface area contributed by atoms with Gasteiger partial charge in [-0.25, -0.2) is 0 Å². The third kappa shape index (κ3) is 4.49. The molecule has 6 nitrogen and oxygen atoms in total. The van der Waals surface area contributed by atoms with Gasteiger partial charge in [-0.3, -0.25) is 0 Å². The summed E-state index contributed by atoms with van der Waals surface area (Å²) in [4.78, 5) is -0.287. The van der Waals surface area contributed by atoms with Crippen LogP contribution in [0.2, 0.25) is 15.2 Å².